The third-order valence-electron chi connectivity index (χ3n) is 4.61. The number of piperazine rings is 1. The van der Waals surface area contributed by atoms with Gasteiger partial charge in [-0.2, -0.15) is 5.26 Å². The average molecular weight is 338 g/mol. The fourth-order valence-corrected chi connectivity index (χ4v) is 3.46. The summed E-state index contributed by atoms with van der Waals surface area (Å²) in [4.78, 5) is 20.5. The summed E-state index contributed by atoms with van der Waals surface area (Å²) >= 11 is 0. The summed E-state index contributed by atoms with van der Waals surface area (Å²) in [5.41, 5.74) is 4.69. The lowest BCUT2D eigenvalue weighted by Gasteiger charge is -2.37. The standard InChI is InChI=1S/C19H22N4O2/c1-13-8-14(2)18-16(9-13)19(15(10-20)11-21-18)23-6-4-22(5-7-23)17(24)12-25-3/h8-9,11H,4-7,12H2,1-3H3. The largest absolute Gasteiger partial charge is 0.375 e. The molecule has 1 aromatic heterocycles. The van der Waals surface area contributed by atoms with Gasteiger partial charge in [0.1, 0.15) is 12.7 Å². The van der Waals surface area contributed by atoms with Crippen molar-refractivity contribution in [1.82, 2.24) is 9.88 Å². The van der Waals surface area contributed by atoms with Crippen LogP contribution in [0.25, 0.3) is 10.9 Å². The van der Waals surface area contributed by atoms with E-state index in [0.29, 0.717) is 31.7 Å². The molecule has 2 heterocycles. The fraction of sp³-hybridized carbons (Fsp3) is 0.421. The molecule has 1 fully saturated rings. The van der Waals surface area contributed by atoms with E-state index in [-0.39, 0.29) is 12.5 Å². The number of carbonyl (C=O) groups excluding carboxylic acids is 1. The van der Waals surface area contributed by atoms with Gasteiger partial charge < -0.3 is 14.5 Å². The number of amides is 1. The minimum atomic E-state index is 0.00827. The van der Waals surface area contributed by atoms with Gasteiger partial charge in [-0.3, -0.25) is 9.78 Å². The maximum Gasteiger partial charge on any atom is 0.248 e. The molecular weight excluding hydrogens is 316 g/mol. The van der Waals surface area contributed by atoms with Gasteiger partial charge in [0.15, 0.2) is 0 Å². The molecule has 0 N–H and O–H groups in total. The zero-order chi connectivity index (χ0) is 18.0. The summed E-state index contributed by atoms with van der Waals surface area (Å²) < 4.78 is 4.93. The van der Waals surface area contributed by atoms with Gasteiger partial charge in [0.25, 0.3) is 0 Å². The molecule has 0 saturated carbocycles. The molecular formula is C19H22N4O2. The van der Waals surface area contributed by atoms with E-state index in [1.54, 1.807) is 6.20 Å². The quantitative estimate of drug-likeness (QED) is 0.856. The molecule has 1 aliphatic rings. The first kappa shape index (κ1) is 17.2. The highest BCUT2D eigenvalue weighted by Crippen LogP contribution is 2.32. The molecule has 3 rings (SSSR count). The first-order chi connectivity index (χ1) is 12.0. The second-order valence-corrected chi connectivity index (χ2v) is 6.41. The van der Waals surface area contributed by atoms with E-state index in [0.717, 1.165) is 27.7 Å². The van der Waals surface area contributed by atoms with E-state index in [1.165, 1.54) is 7.11 Å². The third kappa shape index (κ3) is 3.28. The summed E-state index contributed by atoms with van der Waals surface area (Å²) in [5.74, 6) is 0.00827. The van der Waals surface area contributed by atoms with Crippen molar-refractivity contribution in [2.24, 2.45) is 0 Å². The van der Waals surface area contributed by atoms with Gasteiger partial charge in [-0.1, -0.05) is 11.6 Å². The van der Waals surface area contributed by atoms with Crippen molar-refractivity contribution in [1.29, 1.82) is 5.26 Å². The number of aromatic nitrogens is 1. The molecule has 0 spiro atoms. The van der Waals surface area contributed by atoms with E-state index >= 15 is 0 Å². The van der Waals surface area contributed by atoms with Gasteiger partial charge in [-0.15, -0.1) is 0 Å². The third-order valence-corrected chi connectivity index (χ3v) is 4.61. The Hall–Kier alpha value is -2.65. The average Bonchev–Trinajstić information content (AvgIpc) is 2.61. The van der Waals surface area contributed by atoms with Crippen LogP contribution in [0.5, 0.6) is 0 Å². The minimum Gasteiger partial charge on any atom is -0.375 e. The molecule has 6 nitrogen and oxygen atoms in total. The number of nitrogens with zero attached hydrogens (tertiary/aromatic N) is 4. The summed E-state index contributed by atoms with van der Waals surface area (Å²) in [6.45, 7) is 6.84. The van der Waals surface area contributed by atoms with E-state index in [4.69, 9.17) is 4.74 Å². The van der Waals surface area contributed by atoms with Crippen LogP contribution in [0.3, 0.4) is 0 Å². The molecule has 1 aromatic carbocycles. The molecule has 0 radical (unpaired) electrons. The van der Waals surface area contributed by atoms with Gasteiger partial charge >= 0.3 is 0 Å². The number of hydrogen-bond donors (Lipinski definition) is 0. The molecule has 1 saturated heterocycles. The predicted octanol–water partition coefficient (Wildman–Crippen LogP) is 2.02. The smallest absolute Gasteiger partial charge is 0.248 e. The number of aryl methyl sites for hydroxylation is 2. The Labute approximate surface area is 147 Å². The number of hydrogen-bond acceptors (Lipinski definition) is 5. The molecule has 2 aromatic rings. The molecule has 25 heavy (non-hydrogen) atoms. The first-order valence-electron chi connectivity index (χ1n) is 8.37. The van der Waals surface area contributed by atoms with E-state index < -0.39 is 0 Å². The summed E-state index contributed by atoms with van der Waals surface area (Å²) in [6, 6.07) is 6.47. The molecule has 0 atom stereocenters. The van der Waals surface area contributed by atoms with Gasteiger partial charge in [0, 0.05) is 44.9 Å². The van der Waals surface area contributed by atoms with Crippen LogP contribution in [0.4, 0.5) is 5.69 Å². The number of carbonyl (C=O) groups is 1. The molecule has 0 aliphatic carbocycles. The summed E-state index contributed by atoms with van der Waals surface area (Å²) in [6.07, 6.45) is 1.66. The number of nitriles is 1. The Morgan fingerprint density at radius 2 is 2.00 bits per heavy atom. The maximum atomic E-state index is 12.0. The van der Waals surface area contributed by atoms with Crippen LogP contribution in [-0.2, 0) is 9.53 Å². The molecule has 130 valence electrons. The monoisotopic (exact) mass is 338 g/mol. The van der Waals surface area contributed by atoms with Crippen molar-refractivity contribution >= 4 is 22.5 Å². The lowest BCUT2D eigenvalue weighted by Crippen LogP contribution is -2.50. The number of pyridine rings is 1. The normalized spacial score (nSPS) is 14.6. The van der Waals surface area contributed by atoms with Gasteiger partial charge in [-0.25, -0.2) is 0 Å². The van der Waals surface area contributed by atoms with Crippen LogP contribution >= 0.6 is 0 Å². The molecule has 1 aliphatic heterocycles. The van der Waals surface area contributed by atoms with E-state index in [2.05, 4.69) is 35.0 Å². The van der Waals surface area contributed by atoms with Crippen molar-refractivity contribution in [3.8, 4) is 6.07 Å². The van der Waals surface area contributed by atoms with Gasteiger partial charge in [0.05, 0.1) is 16.8 Å². The van der Waals surface area contributed by atoms with Crippen molar-refractivity contribution in [2.75, 3.05) is 44.8 Å². The minimum absolute atomic E-state index is 0.00827. The zero-order valence-electron chi connectivity index (χ0n) is 14.9. The van der Waals surface area contributed by atoms with Crippen LogP contribution in [0.15, 0.2) is 18.3 Å². The number of fused-ring (bicyclic) bond motifs is 1. The van der Waals surface area contributed by atoms with Crippen LogP contribution in [0.1, 0.15) is 16.7 Å². The highest BCUT2D eigenvalue weighted by atomic mass is 16.5. The summed E-state index contributed by atoms with van der Waals surface area (Å²) in [5, 5.41) is 10.6. The highest BCUT2D eigenvalue weighted by molar-refractivity contribution is 5.96. The van der Waals surface area contributed by atoms with Crippen molar-refractivity contribution in [2.45, 2.75) is 13.8 Å². The van der Waals surface area contributed by atoms with Gasteiger partial charge in [0.2, 0.25) is 5.91 Å². The number of benzene rings is 1. The maximum absolute atomic E-state index is 12.0. The Bertz CT molecular complexity index is 849. The fourth-order valence-electron chi connectivity index (χ4n) is 3.46. The Morgan fingerprint density at radius 3 is 2.64 bits per heavy atom. The number of anilines is 1. The molecule has 1 amide bonds. The van der Waals surface area contributed by atoms with E-state index in [1.807, 2.05) is 11.8 Å². The van der Waals surface area contributed by atoms with Crippen molar-refractivity contribution in [3.05, 3.63) is 35.0 Å². The first-order valence-corrected chi connectivity index (χ1v) is 8.37. The van der Waals surface area contributed by atoms with Crippen molar-refractivity contribution in [3.63, 3.8) is 0 Å². The predicted molar refractivity (Wildman–Crippen MR) is 96.6 cm³/mol. The van der Waals surface area contributed by atoms with Crippen LogP contribution in [0.2, 0.25) is 0 Å². The second kappa shape index (κ2) is 7.08. The lowest BCUT2D eigenvalue weighted by atomic mass is 10.0. The van der Waals surface area contributed by atoms with Crippen LogP contribution < -0.4 is 4.90 Å². The van der Waals surface area contributed by atoms with Crippen molar-refractivity contribution < 1.29 is 9.53 Å². The topological polar surface area (TPSA) is 69.5 Å². The van der Waals surface area contributed by atoms with E-state index in [9.17, 15) is 10.1 Å². The van der Waals surface area contributed by atoms with Crippen LogP contribution in [-0.4, -0.2) is 55.7 Å². The van der Waals surface area contributed by atoms with Crippen LogP contribution in [0, 0.1) is 25.2 Å². The molecule has 0 unspecified atom stereocenters. The number of ether oxygens (including phenoxy) is 1. The Morgan fingerprint density at radius 1 is 1.28 bits per heavy atom. The SMILES string of the molecule is COCC(=O)N1CCN(c2c(C#N)cnc3c(C)cc(C)cc23)CC1. The molecule has 0 bridgehead atoms. The number of rotatable bonds is 3. The lowest BCUT2D eigenvalue weighted by molar-refractivity contribution is -0.135. The Kier molecular flexibility index (Phi) is 4.86. The van der Waals surface area contributed by atoms with Gasteiger partial charge in [-0.05, 0) is 25.5 Å². The second-order valence-electron chi connectivity index (χ2n) is 6.41. The zero-order valence-corrected chi connectivity index (χ0v) is 14.9. The molecule has 6 heteroatoms. The summed E-state index contributed by atoms with van der Waals surface area (Å²) in [7, 11) is 1.53. The number of methoxy groups -OCH3 is 1. The highest BCUT2D eigenvalue weighted by Gasteiger charge is 2.24. The Balaban J connectivity index is 1.96.